The van der Waals surface area contributed by atoms with E-state index in [1.807, 2.05) is 0 Å². The van der Waals surface area contributed by atoms with Gasteiger partial charge in [-0.3, -0.25) is 0 Å². The molecule has 0 aliphatic rings. The minimum absolute atomic E-state index is 0.154. The van der Waals surface area contributed by atoms with Gasteiger partial charge in [-0.1, -0.05) is 0 Å². The molecule has 0 N–H and O–H groups in total. The zero-order chi connectivity index (χ0) is 8.27. The van der Waals surface area contributed by atoms with E-state index in [9.17, 15) is 9.90 Å². The second kappa shape index (κ2) is 3.07. The number of rotatable bonds is 2. The average Bonchev–Trinajstić information content (AvgIpc) is 2.34. The molecular formula is C5H3N3O2S. The van der Waals surface area contributed by atoms with E-state index in [-0.39, 0.29) is 11.6 Å². The van der Waals surface area contributed by atoms with Crippen molar-refractivity contribution < 1.29 is 9.90 Å². The van der Waals surface area contributed by atoms with E-state index in [2.05, 4.69) is 9.96 Å². The maximum atomic E-state index is 10.0. The summed E-state index contributed by atoms with van der Waals surface area (Å²) in [6.07, 6.45) is 1.16. The third-order valence-electron chi connectivity index (χ3n) is 0.945. The quantitative estimate of drug-likeness (QED) is 0.580. The molecule has 1 aromatic heterocycles. The Hall–Kier alpha value is -1.48. The molecule has 0 bridgehead atoms. The van der Waals surface area contributed by atoms with Crippen molar-refractivity contribution in [1.82, 2.24) is 4.98 Å². The molecule has 5 nitrogen and oxygen atoms in total. The van der Waals surface area contributed by atoms with Crippen molar-refractivity contribution in [3.63, 3.8) is 0 Å². The fourth-order valence-electron chi connectivity index (χ4n) is 0.567. The summed E-state index contributed by atoms with van der Waals surface area (Å²) in [6.45, 7) is 0. The van der Waals surface area contributed by atoms with E-state index in [1.165, 1.54) is 6.20 Å². The van der Waals surface area contributed by atoms with Crippen LogP contribution in [0.15, 0.2) is 6.20 Å². The first kappa shape index (κ1) is 7.63. The Bertz CT molecular complexity index is 314. The lowest BCUT2D eigenvalue weighted by Gasteiger charge is -1.92. The summed E-state index contributed by atoms with van der Waals surface area (Å²) in [6, 6.07) is 0. The summed E-state index contributed by atoms with van der Waals surface area (Å²) in [5.41, 5.74) is 0. The first-order valence-corrected chi connectivity index (χ1v) is 3.53. The van der Waals surface area contributed by atoms with Crippen LogP contribution in [0.2, 0.25) is 0 Å². The van der Waals surface area contributed by atoms with Crippen molar-refractivity contribution in [3.05, 3.63) is 16.0 Å². The summed E-state index contributed by atoms with van der Waals surface area (Å²) in [4.78, 5) is 16.9. The molecule has 0 aliphatic carbocycles. The van der Waals surface area contributed by atoms with E-state index >= 15 is 0 Å². The lowest BCUT2D eigenvalue weighted by molar-refractivity contribution is -0.304. The molecule has 1 aromatic rings. The first-order valence-electron chi connectivity index (χ1n) is 2.72. The topological polar surface area (TPSA) is 81.2 Å². The number of carbonyl (C=O) groups is 1. The lowest BCUT2D eigenvalue weighted by atomic mass is 10.4. The van der Waals surface area contributed by atoms with Crippen molar-refractivity contribution in [1.29, 1.82) is 5.39 Å². The van der Waals surface area contributed by atoms with E-state index in [0.29, 0.717) is 4.88 Å². The van der Waals surface area contributed by atoms with Gasteiger partial charge in [0.2, 0.25) is 0 Å². The molecule has 1 heterocycles. The number of nitrogens with zero attached hydrogens (tertiary/aromatic N) is 3. The molecule has 0 saturated carbocycles. The van der Waals surface area contributed by atoms with E-state index in [1.54, 1.807) is 0 Å². The first-order chi connectivity index (χ1) is 5.22. The van der Waals surface area contributed by atoms with Gasteiger partial charge in [-0.2, -0.15) is 0 Å². The Morgan fingerprint density at radius 2 is 2.64 bits per heavy atom. The van der Waals surface area contributed by atoms with Gasteiger partial charge in [-0.05, 0) is 16.3 Å². The predicted molar refractivity (Wildman–Crippen MR) is 35.6 cm³/mol. The van der Waals surface area contributed by atoms with Crippen LogP contribution in [0.3, 0.4) is 0 Å². The van der Waals surface area contributed by atoms with E-state index in [0.717, 1.165) is 11.3 Å². The fourth-order valence-corrected chi connectivity index (χ4v) is 1.24. The molecule has 0 aliphatic heterocycles. The van der Waals surface area contributed by atoms with Crippen LogP contribution in [-0.4, -0.2) is 11.0 Å². The average molecular weight is 169 g/mol. The minimum Gasteiger partial charge on any atom is -0.550 e. The molecule has 0 amide bonds. The number of aromatic nitrogens is 1. The number of hydrogen-bond donors (Lipinski definition) is 0. The van der Waals surface area contributed by atoms with Crippen molar-refractivity contribution in [3.8, 4) is 0 Å². The van der Waals surface area contributed by atoms with Crippen molar-refractivity contribution in [2.75, 3.05) is 0 Å². The van der Waals surface area contributed by atoms with Gasteiger partial charge in [0.15, 0.2) is 6.20 Å². The number of carboxylic acids is 1. The molecule has 11 heavy (non-hydrogen) atoms. The zero-order valence-corrected chi connectivity index (χ0v) is 6.17. The van der Waals surface area contributed by atoms with Gasteiger partial charge in [0.1, 0.15) is 0 Å². The van der Waals surface area contributed by atoms with Crippen molar-refractivity contribution in [2.24, 2.45) is 0 Å². The number of hydrogen-bond acceptors (Lipinski definition) is 5. The highest BCUT2D eigenvalue weighted by Gasteiger charge is 2.11. The van der Waals surface area contributed by atoms with Crippen LogP contribution in [0.25, 0.3) is 4.98 Å². The highest BCUT2D eigenvalue weighted by Crippen LogP contribution is 2.20. The molecule has 0 unspecified atom stereocenters. The second-order valence-corrected chi connectivity index (χ2v) is 2.85. The van der Waals surface area contributed by atoms with Crippen LogP contribution in [0.5, 0.6) is 0 Å². The number of carbonyl (C=O) groups excluding carboxylic acids is 1. The fraction of sp³-hybridized carbons (Fsp3) is 0.200. The molecular weight excluding hydrogens is 166 g/mol. The van der Waals surface area contributed by atoms with Crippen LogP contribution in [0.1, 0.15) is 4.88 Å². The van der Waals surface area contributed by atoms with Crippen LogP contribution < -0.4 is 5.11 Å². The van der Waals surface area contributed by atoms with E-state index < -0.39 is 5.97 Å². The minimum atomic E-state index is -1.17. The van der Waals surface area contributed by atoms with E-state index in [4.69, 9.17) is 5.39 Å². The monoisotopic (exact) mass is 169 g/mol. The highest BCUT2D eigenvalue weighted by molar-refractivity contribution is 7.15. The molecule has 1 rings (SSSR count). The van der Waals surface area contributed by atoms with Gasteiger partial charge >= 0.3 is 5.13 Å². The highest BCUT2D eigenvalue weighted by atomic mass is 32.1. The Kier molecular flexibility index (Phi) is 2.13. The summed E-state index contributed by atoms with van der Waals surface area (Å²) in [5, 5.41) is 18.4. The van der Waals surface area contributed by atoms with Crippen LogP contribution >= 0.6 is 11.3 Å². The van der Waals surface area contributed by atoms with Crippen LogP contribution in [-0.2, 0) is 11.2 Å². The third-order valence-corrected chi connectivity index (χ3v) is 1.83. The van der Waals surface area contributed by atoms with Crippen molar-refractivity contribution >= 4 is 22.4 Å². The number of diazo groups is 1. The normalized spacial score (nSPS) is 9.00. The van der Waals surface area contributed by atoms with Crippen molar-refractivity contribution in [2.45, 2.75) is 6.42 Å². The third kappa shape index (κ3) is 1.98. The molecule has 0 aromatic carbocycles. The van der Waals surface area contributed by atoms with Crippen LogP contribution in [0, 0.1) is 5.39 Å². The van der Waals surface area contributed by atoms with Gasteiger partial charge < -0.3 is 9.90 Å². The lowest BCUT2D eigenvalue weighted by Crippen LogP contribution is -2.23. The molecule has 0 spiro atoms. The summed E-state index contributed by atoms with van der Waals surface area (Å²) in [7, 11) is 0. The maximum absolute atomic E-state index is 10.0. The number of carboxylic acid groups (broad SMARTS) is 1. The second-order valence-electron chi connectivity index (χ2n) is 1.76. The SMILES string of the molecule is N#[N+]c1ncc(CC(=O)[O-])s1. The summed E-state index contributed by atoms with van der Waals surface area (Å²) < 4.78 is 0. The Labute approximate surface area is 65.9 Å². The Balaban J connectivity index is 2.75. The van der Waals surface area contributed by atoms with Gasteiger partial charge in [0, 0.05) is 17.4 Å². The standard InChI is InChI=1S/C5H3N3O2S/c6-8-5-7-2-3(11-5)1-4(9)10/h2H,1H2. The predicted octanol–water partition coefficient (Wildman–Crippen LogP) is -0.0799. The number of aliphatic carboxylic acids is 1. The molecule has 6 heteroatoms. The van der Waals surface area contributed by atoms with Gasteiger partial charge in [0.05, 0.1) is 10.3 Å². The molecule has 0 saturated heterocycles. The smallest absolute Gasteiger partial charge is 0.523 e. The summed E-state index contributed by atoms with van der Waals surface area (Å²) >= 11 is 1.01. The Morgan fingerprint density at radius 3 is 3.09 bits per heavy atom. The summed E-state index contributed by atoms with van der Waals surface area (Å²) in [5.74, 6) is -1.17. The largest absolute Gasteiger partial charge is 0.550 e. The Morgan fingerprint density at radius 1 is 1.91 bits per heavy atom. The van der Waals surface area contributed by atoms with Gasteiger partial charge in [0.25, 0.3) is 0 Å². The molecule has 0 atom stereocenters. The number of thiazole rings is 1. The van der Waals surface area contributed by atoms with Gasteiger partial charge in [-0.15, -0.1) is 0 Å². The zero-order valence-electron chi connectivity index (χ0n) is 5.35. The molecule has 0 radical (unpaired) electrons. The van der Waals surface area contributed by atoms with Crippen LogP contribution in [0.4, 0.5) is 5.13 Å². The van der Waals surface area contributed by atoms with Gasteiger partial charge in [-0.25, -0.2) is 0 Å². The molecule has 0 fully saturated rings. The molecule has 56 valence electrons. The maximum Gasteiger partial charge on any atom is 0.523 e.